The molecule has 1 spiro atoms. The SMILES string of the molecule is O=C1CC2(CCN(C(=O)c3ccc(C(F)(F)F)cc3N3CCCC3)CC2)CN1. The third-order valence-electron chi connectivity index (χ3n) is 6.31. The van der Waals surface area contributed by atoms with Gasteiger partial charge < -0.3 is 15.1 Å². The average Bonchev–Trinajstić information content (AvgIpc) is 3.31. The van der Waals surface area contributed by atoms with Crippen LogP contribution in [0, 0.1) is 5.41 Å². The summed E-state index contributed by atoms with van der Waals surface area (Å²) in [4.78, 5) is 28.3. The number of alkyl halides is 3. The summed E-state index contributed by atoms with van der Waals surface area (Å²) in [5.41, 5.74) is -0.0768. The number of likely N-dealkylation sites (tertiary alicyclic amines) is 1. The zero-order valence-corrected chi connectivity index (χ0v) is 15.6. The highest BCUT2D eigenvalue weighted by atomic mass is 19.4. The normalized spacial score (nSPS) is 22.0. The van der Waals surface area contributed by atoms with E-state index in [0.29, 0.717) is 50.4 Å². The largest absolute Gasteiger partial charge is 0.416 e. The summed E-state index contributed by atoms with van der Waals surface area (Å²) in [6, 6.07) is 3.44. The highest BCUT2D eigenvalue weighted by Crippen LogP contribution is 2.39. The summed E-state index contributed by atoms with van der Waals surface area (Å²) >= 11 is 0. The predicted octanol–water partition coefficient (Wildman–Crippen LogP) is 3.05. The number of rotatable bonds is 2. The van der Waals surface area contributed by atoms with Crippen molar-refractivity contribution in [3.63, 3.8) is 0 Å². The molecular formula is C20H24F3N3O2. The second kappa shape index (κ2) is 6.97. The van der Waals surface area contributed by atoms with Crippen molar-refractivity contribution in [2.75, 3.05) is 37.6 Å². The number of piperidine rings is 1. The van der Waals surface area contributed by atoms with Crippen LogP contribution in [-0.2, 0) is 11.0 Å². The van der Waals surface area contributed by atoms with Crippen LogP contribution in [0.3, 0.4) is 0 Å². The van der Waals surface area contributed by atoms with E-state index in [2.05, 4.69) is 5.32 Å². The summed E-state index contributed by atoms with van der Waals surface area (Å²) < 4.78 is 39.6. The molecular weight excluding hydrogens is 371 g/mol. The molecule has 0 atom stereocenters. The first-order valence-corrected chi connectivity index (χ1v) is 9.80. The van der Waals surface area contributed by atoms with Gasteiger partial charge in [0.1, 0.15) is 0 Å². The molecule has 1 N–H and O–H groups in total. The molecule has 5 nitrogen and oxygen atoms in total. The Hall–Kier alpha value is -2.25. The fraction of sp³-hybridized carbons (Fsp3) is 0.600. The topological polar surface area (TPSA) is 52.7 Å². The van der Waals surface area contributed by atoms with Gasteiger partial charge in [0.25, 0.3) is 5.91 Å². The average molecular weight is 395 g/mol. The quantitative estimate of drug-likeness (QED) is 0.838. The van der Waals surface area contributed by atoms with Gasteiger partial charge in [-0.05, 0) is 49.3 Å². The number of nitrogens with one attached hydrogen (secondary N) is 1. The fourth-order valence-corrected chi connectivity index (χ4v) is 4.57. The van der Waals surface area contributed by atoms with Crippen molar-refractivity contribution in [2.45, 2.75) is 38.3 Å². The highest BCUT2D eigenvalue weighted by molar-refractivity contribution is 6.00. The molecule has 2 amide bonds. The van der Waals surface area contributed by atoms with E-state index in [-0.39, 0.29) is 17.2 Å². The lowest BCUT2D eigenvalue weighted by Crippen LogP contribution is -2.44. The third kappa shape index (κ3) is 3.56. The van der Waals surface area contributed by atoms with Crippen molar-refractivity contribution in [1.29, 1.82) is 0 Å². The Labute approximate surface area is 161 Å². The lowest BCUT2D eigenvalue weighted by atomic mass is 9.77. The minimum absolute atomic E-state index is 0.0545. The first kappa shape index (κ1) is 19.1. The molecule has 1 aromatic carbocycles. The molecule has 0 aliphatic carbocycles. The van der Waals surface area contributed by atoms with E-state index in [1.54, 1.807) is 4.90 Å². The molecule has 0 saturated carbocycles. The lowest BCUT2D eigenvalue weighted by molar-refractivity contribution is -0.137. The van der Waals surface area contributed by atoms with E-state index in [0.717, 1.165) is 37.8 Å². The summed E-state index contributed by atoms with van der Waals surface area (Å²) in [6.07, 6.45) is -0.646. The Morgan fingerprint density at radius 3 is 2.32 bits per heavy atom. The van der Waals surface area contributed by atoms with Gasteiger partial charge in [-0.15, -0.1) is 0 Å². The van der Waals surface area contributed by atoms with E-state index >= 15 is 0 Å². The van der Waals surface area contributed by atoms with Gasteiger partial charge in [0.05, 0.1) is 16.8 Å². The van der Waals surface area contributed by atoms with Crippen molar-refractivity contribution in [2.24, 2.45) is 5.41 Å². The van der Waals surface area contributed by atoms with Gasteiger partial charge in [-0.2, -0.15) is 13.2 Å². The summed E-state index contributed by atoms with van der Waals surface area (Å²) in [6.45, 7) is 3.02. The lowest BCUT2D eigenvalue weighted by Gasteiger charge is -2.38. The van der Waals surface area contributed by atoms with Crippen LogP contribution in [0.1, 0.15) is 48.0 Å². The number of carbonyl (C=O) groups is 2. The van der Waals surface area contributed by atoms with Gasteiger partial charge in [-0.3, -0.25) is 9.59 Å². The molecule has 3 fully saturated rings. The van der Waals surface area contributed by atoms with Gasteiger partial charge >= 0.3 is 6.18 Å². The molecule has 0 unspecified atom stereocenters. The maximum absolute atomic E-state index is 13.2. The third-order valence-corrected chi connectivity index (χ3v) is 6.31. The van der Waals surface area contributed by atoms with Crippen LogP contribution < -0.4 is 10.2 Å². The summed E-state index contributed by atoms with van der Waals surface area (Å²) in [7, 11) is 0. The number of halogens is 3. The molecule has 28 heavy (non-hydrogen) atoms. The number of nitrogens with zero attached hydrogens (tertiary/aromatic N) is 2. The first-order valence-electron chi connectivity index (χ1n) is 9.80. The zero-order valence-electron chi connectivity index (χ0n) is 15.6. The van der Waals surface area contributed by atoms with Crippen molar-refractivity contribution in [3.8, 4) is 0 Å². The Kier molecular flexibility index (Phi) is 4.75. The molecule has 0 bridgehead atoms. The van der Waals surface area contributed by atoms with Crippen molar-refractivity contribution in [1.82, 2.24) is 10.2 Å². The standard InChI is InChI=1S/C20H24F3N3O2/c21-20(22,23)14-3-4-15(16(11-14)25-7-1-2-8-25)18(28)26-9-5-19(6-10-26)12-17(27)24-13-19/h3-4,11H,1-2,5-10,12-13H2,(H,24,27). The Bertz CT molecular complexity index is 779. The number of anilines is 1. The Morgan fingerprint density at radius 2 is 1.75 bits per heavy atom. The molecule has 8 heteroatoms. The van der Waals surface area contributed by atoms with E-state index in [9.17, 15) is 22.8 Å². The van der Waals surface area contributed by atoms with Crippen LogP contribution in [0.5, 0.6) is 0 Å². The van der Waals surface area contributed by atoms with E-state index in [1.807, 2.05) is 4.90 Å². The Balaban J connectivity index is 1.56. The van der Waals surface area contributed by atoms with Crippen molar-refractivity contribution in [3.05, 3.63) is 29.3 Å². The number of hydrogen-bond donors (Lipinski definition) is 1. The molecule has 3 aliphatic rings. The van der Waals surface area contributed by atoms with Crippen molar-refractivity contribution < 1.29 is 22.8 Å². The van der Waals surface area contributed by atoms with Gasteiger partial charge in [0.15, 0.2) is 0 Å². The molecule has 0 aromatic heterocycles. The van der Waals surface area contributed by atoms with Gasteiger partial charge in [0.2, 0.25) is 5.91 Å². The monoisotopic (exact) mass is 395 g/mol. The Morgan fingerprint density at radius 1 is 1.07 bits per heavy atom. The van der Waals surface area contributed by atoms with Gasteiger partial charge in [-0.25, -0.2) is 0 Å². The number of amides is 2. The molecule has 3 aliphatic heterocycles. The minimum Gasteiger partial charge on any atom is -0.371 e. The van der Waals surface area contributed by atoms with Crippen LogP contribution in [0.2, 0.25) is 0 Å². The van der Waals surface area contributed by atoms with Crippen LogP contribution in [0.4, 0.5) is 18.9 Å². The van der Waals surface area contributed by atoms with Crippen LogP contribution in [-0.4, -0.2) is 49.4 Å². The molecule has 1 aromatic rings. The van der Waals surface area contributed by atoms with Gasteiger partial charge in [0, 0.05) is 39.1 Å². The van der Waals surface area contributed by atoms with Crippen molar-refractivity contribution >= 4 is 17.5 Å². The van der Waals surface area contributed by atoms with Gasteiger partial charge in [-0.1, -0.05) is 0 Å². The smallest absolute Gasteiger partial charge is 0.371 e. The van der Waals surface area contributed by atoms with Crippen LogP contribution in [0.15, 0.2) is 18.2 Å². The van der Waals surface area contributed by atoms with Crippen LogP contribution in [0.25, 0.3) is 0 Å². The molecule has 4 rings (SSSR count). The summed E-state index contributed by atoms with van der Waals surface area (Å²) in [5.74, 6) is -0.165. The number of carbonyl (C=O) groups excluding carboxylic acids is 2. The predicted molar refractivity (Wildman–Crippen MR) is 98.1 cm³/mol. The maximum Gasteiger partial charge on any atom is 0.416 e. The van der Waals surface area contributed by atoms with E-state index < -0.39 is 11.7 Å². The van der Waals surface area contributed by atoms with Crippen LogP contribution >= 0.6 is 0 Å². The second-order valence-corrected chi connectivity index (χ2v) is 8.17. The second-order valence-electron chi connectivity index (χ2n) is 8.17. The number of hydrogen-bond acceptors (Lipinski definition) is 3. The first-order chi connectivity index (χ1) is 13.3. The fourth-order valence-electron chi connectivity index (χ4n) is 4.57. The molecule has 0 radical (unpaired) electrons. The molecule has 3 heterocycles. The molecule has 3 saturated heterocycles. The summed E-state index contributed by atoms with van der Waals surface area (Å²) in [5, 5.41) is 2.87. The number of benzene rings is 1. The maximum atomic E-state index is 13.2. The minimum atomic E-state index is -4.43. The zero-order chi connectivity index (χ0) is 19.9. The van der Waals surface area contributed by atoms with E-state index in [4.69, 9.17) is 0 Å². The highest BCUT2D eigenvalue weighted by Gasteiger charge is 2.42. The molecule has 152 valence electrons. The van der Waals surface area contributed by atoms with E-state index in [1.165, 1.54) is 6.07 Å².